The lowest BCUT2D eigenvalue weighted by Crippen LogP contribution is -2.30. The standard InChI is InChI=1S/C26H28N2O4S/c1-4-5-7-18-9-12-20(13-10-18)27-26(30)22(17-21-8-6-15-33-21)28-25(29)19-11-14-23(31-2)24(16-19)32-3/h6,8-17H,4-5,7H2,1-3H3,(H,27,30)(H,28,29)/b22-17-. The molecule has 0 aliphatic rings. The van der Waals surface area contributed by atoms with Gasteiger partial charge in [-0.25, -0.2) is 0 Å². The molecule has 0 aliphatic heterocycles. The Morgan fingerprint density at radius 1 is 1.00 bits per heavy atom. The summed E-state index contributed by atoms with van der Waals surface area (Å²) in [5, 5.41) is 7.52. The molecule has 0 saturated carbocycles. The molecule has 0 saturated heterocycles. The summed E-state index contributed by atoms with van der Waals surface area (Å²) in [4.78, 5) is 26.8. The smallest absolute Gasteiger partial charge is 0.272 e. The van der Waals surface area contributed by atoms with Gasteiger partial charge in [0.25, 0.3) is 11.8 Å². The lowest BCUT2D eigenvalue weighted by atomic mass is 10.1. The number of nitrogens with one attached hydrogen (secondary N) is 2. The Kier molecular flexibility index (Phi) is 8.66. The Hall–Kier alpha value is -3.58. The van der Waals surface area contributed by atoms with Crippen LogP contribution in [-0.4, -0.2) is 26.0 Å². The highest BCUT2D eigenvalue weighted by molar-refractivity contribution is 7.10. The molecule has 0 unspecified atom stereocenters. The summed E-state index contributed by atoms with van der Waals surface area (Å²) in [6, 6.07) is 16.4. The first-order valence-corrected chi connectivity index (χ1v) is 11.6. The van der Waals surface area contributed by atoms with E-state index in [1.54, 1.807) is 24.3 Å². The fourth-order valence-corrected chi connectivity index (χ4v) is 3.84. The van der Waals surface area contributed by atoms with Crippen LogP contribution >= 0.6 is 11.3 Å². The second kappa shape index (κ2) is 11.9. The number of benzene rings is 2. The molecule has 3 aromatic rings. The number of hydrogen-bond donors (Lipinski definition) is 2. The number of amides is 2. The van der Waals surface area contributed by atoms with Gasteiger partial charge in [0.1, 0.15) is 5.70 Å². The fourth-order valence-electron chi connectivity index (χ4n) is 3.18. The van der Waals surface area contributed by atoms with Gasteiger partial charge in [0.2, 0.25) is 0 Å². The minimum absolute atomic E-state index is 0.146. The van der Waals surface area contributed by atoms with E-state index in [1.165, 1.54) is 31.1 Å². The maximum absolute atomic E-state index is 13.1. The molecule has 2 amide bonds. The molecule has 6 nitrogen and oxygen atoms in total. The maximum atomic E-state index is 13.1. The minimum Gasteiger partial charge on any atom is -0.493 e. The van der Waals surface area contributed by atoms with Crippen LogP contribution < -0.4 is 20.1 Å². The summed E-state index contributed by atoms with van der Waals surface area (Å²) >= 11 is 1.47. The highest BCUT2D eigenvalue weighted by Crippen LogP contribution is 2.27. The summed E-state index contributed by atoms with van der Waals surface area (Å²) in [5.74, 6) is 0.118. The highest BCUT2D eigenvalue weighted by atomic mass is 32.1. The molecule has 0 spiro atoms. The summed E-state index contributed by atoms with van der Waals surface area (Å²) < 4.78 is 10.5. The van der Waals surface area contributed by atoms with Crippen LogP contribution in [0, 0.1) is 0 Å². The van der Waals surface area contributed by atoms with Crippen molar-refractivity contribution in [1.82, 2.24) is 5.32 Å². The number of aryl methyl sites for hydroxylation is 1. The van der Waals surface area contributed by atoms with E-state index in [-0.39, 0.29) is 5.70 Å². The Morgan fingerprint density at radius 3 is 2.39 bits per heavy atom. The SMILES string of the molecule is CCCCc1ccc(NC(=O)/C(=C/c2cccs2)NC(=O)c2ccc(OC)c(OC)c2)cc1. The van der Waals surface area contributed by atoms with Gasteiger partial charge < -0.3 is 20.1 Å². The number of rotatable bonds is 10. The van der Waals surface area contributed by atoms with Crippen molar-refractivity contribution in [2.75, 3.05) is 19.5 Å². The second-order valence-corrected chi connectivity index (χ2v) is 8.33. The number of carbonyl (C=O) groups is 2. The zero-order valence-corrected chi connectivity index (χ0v) is 19.8. The number of unbranched alkanes of at least 4 members (excludes halogenated alkanes) is 1. The average molecular weight is 465 g/mol. The lowest BCUT2D eigenvalue weighted by molar-refractivity contribution is -0.113. The molecule has 0 radical (unpaired) electrons. The maximum Gasteiger partial charge on any atom is 0.272 e. The largest absolute Gasteiger partial charge is 0.493 e. The van der Waals surface area contributed by atoms with Crippen LogP contribution in [-0.2, 0) is 11.2 Å². The molecule has 0 bridgehead atoms. The molecule has 1 aromatic heterocycles. The zero-order chi connectivity index (χ0) is 23.6. The Bertz CT molecular complexity index is 1110. The van der Waals surface area contributed by atoms with Gasteiger partial charge in [0.15, 0.2) is 11.5 Å². The van der Waals surface area contributed by atoms with Crippen molar-refractivity contribution in [2.24, 2.45) is 0 Å². The van der Waals surface area contributed by atoms with E-state index in [9.17, 15) is 9.59 Å². The van der Waals surface area contributed by atoms with E-state index in [0.29, 0.717) is 22.7 Å². The van der Waals surface area contributed by atoms with Crippen LogP contribution in [0.2, 0.25) is 0 Å². The van der Waals surface area contributed by atoms with Gasteiger partial charge in [0, 0.05) is 16.1 Å². The van der Waals surface area contributed by atoms with Crippen molar-refractivity contribution in [3.8, 4) is 11.5 Å². The molecule has 3 rings (SSSR count). The van der Waals surface area contributed by atoms with Crippen molar-refractivity contribution in [3.05, 3.63) is 81.7 Å². The topological polar surface area (TPSA) is 76.7 Å². The zero-order valence-electron chi connectivity index (χ0n) is 19.0. The summed E-state index contributed by atoms with van der Waals surface area (Å²) in [6.07, 6.45) is 4.93. The molecule has 0 atom stereocenters. The summed E-state index contributed by atoms with van der Waals surface area (Å²) in [5.41, 5.74) is 2.38. The number of anilines is 1. The predicted octanol–water partition coefficient (Wildman–Crippen LogP) is 5.52. The number of methoxy groups -OCH3 is 2. The first kappa shape index (κ1) is 24.1. The fraction of sp³-hybridized carbons (Fsp3) is 0.231. The first-order valence-electron chi connectivity index (χ1n) is 10.7. The highest BCUT2D eigenvalue weighted by Gasteiger charge is 2.17. The number of ether oxygens (including phenoxy) is 2. The normalized spacial score (nSPS) is 11.1. The second-order valence-electron chi connectivity index (χ2n) is 7.35. The van der Waals surface area contributed by atoms with E-state index in [1.807, 2.05) is 41.8 Å². The predicted molar refractivity (Wildman–Crippen MR) is 133 cm³/mol. The van der Waals surface area contributed by atoms with E-state index in [0.717, 1.165) is 24.1 Å². The van der Waals surface area contributed by atoms with Crippen molar-refractivity contribution in [1.29, 1.82) is 0 Å². The molecule has 1 heterocycles. The first-order chi connectivity index (χ1) is 16.0. The van der Waals surface area contributed by atoms with Gasteiger partial charge in [-0.05, 0) is 66.3 Å². The van der Waals surface area contributed by atoms with Gasteiger partial charge in [-0.15, -0.1) is 11.3 Å². The van der Waals surface area contributed by atoms with E-state index >= 15 is 0 Å². The van der Waals surface area contributed by atoms with Crippen molar-refractivity contribution < 1.29 is 19.1 Å². The van der Waals surface area contributed by atoms with Gasteiger partial charge in [-0.3, -0.25) is 9.59 Å². The Labute approximate surface area is 198 Å². The lowest BCUT2D eigenvalue weighted by Gasteiger charge is -2.13. The quantitative estimate of drug-likeness (QED) is 0.388. The molecule has 0 aliphatic carbocycles. The van der Waals surface area contributed by atoms with Crippen LogP contribution in [0.4, 0.5) is 5.69 Å². The monoisotopic (exact) mass is 464 g/mol. The van der Waals surface area contributed by atoms with Crippen molar-refractivity contribution >= 4 is 34.9 Å². The van der Waals surface area contributed by atoms with E-state index in [2.05, 4.69) is 17.6 Å². The van der Waals surface area contributed by atoms with Crippen LogP contribution in [0.1, 0.15) is 40.6 Å². The Morgan fingerprint density at radius 2 is 1.76 bits per heavy atom. The molecular formula is C26H28N2O4S. The van der Waals surface area contributed by atoms with Crippen LogP contribution in [0.15, 0.2) is 65.7 Å². The third-order valence-corrected chi connectivity index (χ3v) is 5.82. The third-order valence-electron chi connectivity index (χ3n) is 5.00. The third kappa shape index (κ3) is 6.70. The van der Waals surface area contributed by atoms with Crippen molar-refractivity contribution in [3.63, 3.8) is 0 Å². The molecule has 172 valence electrons. The van der Waals surface area contributed by atoms with Crippen LogP contribution in [0.3, 0.4) is 0 Å². The molecule has 0 fully saturated rings. The van der Waals surface area contributed by atoms with Crippen LogP contribution in [0.25, 0.3) is 6.08 Å². The molecule has 2 N–H and O–H groups in total. The molecule has 33 heavy (non-hydrogen) atoms. The van der Waals surface area contributed by atoms with Gasteiger partial charge in [-0.2, -0.15) is 0 Å². The van der Waals surface area contributed by atoms with Crippen LogP contribution in [0.5, 0.6) is 11.5 Å². The average Bonchev–Trinajstić information content (AvgIpc) is 3.35. The summed E-state index contributed by atoms with van der Waals surface area (Å²) in [7, 11) is 3.03. The number of thiophene rings is 1. The minimum atomic E-state index is -0.427. The van der Waals surface area contributed by atoms with E-state index < -0.39 is 11.8 Å². The van der Waals surface area contributed by atoms with Gasteiger partial charge >= 0.3 is 0 Å². The van der Waals surface area contributed by atoms with E-state index in [4.69, 9.17) is 9.47 Å². The number of carbonyl (C=O) groups excluding carboxylic acids is 2. The van der Waals surface area contributed by atoms with Gasteiger partial charge in [0.05, 0.1) is 14.2 Å². The Balaban J connectivity index is 1.79. The molecule has 2 aromatic carbocycles. The molecular weight excluding hydrogens is 436 g/mol. The molecule has 7 heteroatoms. The number of hydrogen-bond acceptors (Lipinski definition) is 5. The van der Waals surface area contributed by atoms with Gasteiger partial charge in [-0.1, -0.05) is 31.5 Å². The summed E-state index contributed by atoms with van der Waals surface area (Å²) in [6.45, 7) is 2.16. The van der Waals surface area contributed by atoms with Crippen molar-refractivity contribution in [2.45, 2.75) is 26.2 Å².